The van der Waals surface area contributed by atoms with Crippen molar-refractivity contribution in [1.82, 2.24) is 10.2 Å². The number of benzene rings is 1. The normalized spacial score (nSPS) is 14.2. The van der Waals surface area contributed by atoms with Crippen LogP contribution in [-0.2, 0) is 6.42 Å². The monoisotopic (exact) mass is 279 g/mol. The molecule has 2 unspecified atom stereocenters. The number of hydrogen-bond donors (Lipinski definition) is 2. The van der Waals surface area contributed by atoms with Gasteiger partial charge < -0.3 is 10.2 Å². The minimum absolute atomic E-state index is 0.0863. The molecule has 0 aliphatic carbocycles. The van der Waals surface area contributed by atoms with E-state index in [1.807, 2.05) is 13.8 Å². The molecule has 2 rings (SSSR count). The van der Waals surface area contributed by atoms with E-state index in [9.17, 15) is 9.18 Å². The number of aryl methyl sites for hydroxylation is 1. The van der Waals surface area contributed by atoms with Crippen LogP contribution >= 0.6 is 0 Å². The van der Waals surface area contributed by atoms with Crippen LogP contribution in [0.1, 0.15) is 48.4 Å². The summed E-state index contributed by atoms with van der Waals surface area (Å²) in [5.41, 5.74) is 8.53. The average molecular weight is 279 g/mol. The lowest BCUT2D eigenvalue weighted by Crippen LogP contribution is -2.20. The summed E-state index contributed by atoms with van der Waals surface area (Å²) in [6.45, 7) is 5.69. The topological polar surface area (TPSA) is 84.9 Å². The van der Waals surface area contributed by atoms with Gasteiger partial charge in [0.25, 0.3) is 0 Å². The zero-order valence-corrected chi connectivity index (χ0v) is 11.7. The van der Waals surface area contributed by atoms with Crippen molar-refractivity contribution >= 4 is 0 Å². The van der Waals surface area contributed by atoms with Crippen LogP contribution in [0.2, 0.25) is 0 Å². The fraction of sp³-hybridized carbons (Fsp3) is 0.429. The van der Waals surface area contributed by atoms with Crippen LogP contribution in [0.15, 0.2) is 21.3 Å². The molecule has 20 heavy (non-hydrogen) atoms. The molecular formula is C14H18FN3O2. The highest BCUT2D eigenvalue weighted by atomic mass is 19.1. The summed E-state index contributed by atoms with van der Waals surface area (Å²) in [7, 11) is 0. The summed E-state index contributed by atoms with van der Waals surface area (Å²) < 4.78 is 19.0. The zero-order chi connectivity index (χ0) is 14.9. The first-order chi connectivity index (χ1) is 9.45. The quantitative estimate of drug-likeness (QED) is 0.898. The molecule has 0 bridgehead atoms. The summed E-state index contributed by atoms with van der Waals surface area (Å²) in [4.78, 5) is 11.0. The lowest BCUT2D eigenvalue weighted by atomic mass is 9.87. The molecule has 0 saturated heterocycles. The Labute approximate surface area is 116 Å². The number of rotatable bonds is 4. The SMILES string of the molecule is CCc1ccc(F)c(C(C)C(N)c2n[nH]c(=O)o2)c1C. The van der Waals surface area contributed by atoms with E-state index in [1.54, 1.807) is 13.0 Å². The molecule has 0 saturated carbocycles. The Morgan fingerprint density at radius 1 is 1.50 bits per heavy atom. The molecule has 108 valence electrons. The van der Waals surface area contributed by atoms with Crippen molar-refractivity contribution in [3.63, 3.8) is 0 Å². The molecule has 0 radical (unpaired) electrons. The summed E-state index contributed by atoms with van der Waals surface area (Å²) in [6, 6.07) is 2.54. The number of aromatic nitrogens is 2. The average Bonchev–Trinajstić information content (AvgIpc) is 2.84. The summed E-state index contributed by atoms with van der Waals surface area (Å²) in [5, 5.41) is 5.87. The van der Waals surface area contributed by atoms with E-state index in [0.717, 1.165) is 17.5 Å². The molecule has 6 heteroatoms. The van der Waals surface area contributed by atoms with E-state index in [1.165, 1.54) is 6.07 Å². The second-order valence-corrected chi connectivity index (χ2v) is 4.86. The fourth-order valence-electron chi connectivity index (χ4n) is 2.46. The van der Waals surface area contributed by atoms with Gasteiger partial charge in [0.1, 0.15) is 5.82 Å². The van der Waals surface area contributed by atoms with Crippen LogP contribution in [-0.4, -0.2) is 10.2 Å². The van der Waals surface area contributed by atoms with Gasteiger partial charge in [-0.05, 0) is 36.1 Å². The van der Waals surface area contributed by atoms with Gasteiger partial charge in [0.05, 0.1) is 6.04 Å². The van der Waals surface area contributed by atoms with E-state index in [4.69, 9.17) is 10.2 Å². The molecule has 0 spiro atoms. The molecule has 1 heterocycles. The molecule has 1 aromatic heterocycles. The lowest BCUT2D eigenvalue weighted by Gasteiger charge is -2.21. The van der Waals surface area contributed by atoms with Crippen LogP contribution in [0, 0.1) is 12.7 Å². The van der Waals surface area contributed by atoms with Gasteiger partial charge in [-0.1, -0.05) is 19.9 Å². The predicted molar refractivity (Wildman–Crippen MR) is 73.0 cm³/mol. The summed E-state index contributed by atoms with van der Waals surface area (Å²) in [6.07, 6.45) is 0.818. The molecule has 0 fully saturated rings. The zero-order valence-electron chi connectivity index (χ0n) is 11.7. The van der Waals surface area contributed by atoms with Crippen molar-refractivity contribution in [2.45, 2.75) is 39.2 Å². The van der Waals surface area contributed by atoms with E-state index in [0.29, 0.717) is 5.56 Å². The molecule has 0 aliphatic heterocycles. The van der Waals surface area contributed by atoms with Crippen LogP contribution in [0.25, 0.3) is 0 Å². The second kappa shape index (κ2) is 5.58. The molecule has 3 N–H and O–H groups in total. The highest BCUT2D eigenvalue weighted by molar-refractivity contribution is 5.38. The Morgan fingerprint density at radius 3 is 2.75 bits per heavy atom. The Hall–Kier alpha value is -1.95. The third-order valence-corrected chi connectivity index (χ3v) is 3.69. The van der Waals surface area contributed by atoms with Crippen molar-refractivity contribution in [2.24, 2.45) is 5.73 Å². The Morgan fingerprint density at radius 2 is 2.20 bits per heavy atom. The minimum atomic E-state index is -0.686. The molecule has 0 amide bonds. The molecule has 2 aromatic rings. The smallest absolute Gasteiger partial charge is 0.391 e. The van der Waals surface area contributed by atoms with Gasteiger partial charge in [0.15, 0.2) is 0 Å². The van der Waals surface area contributed by atoms with Crippen LogP contribution in [0.4, 0.5) is 4.39 Å². The van der Waals surface area contributed by atoms with E-state index >= 15 is 0 Å². The van der Waals surface area contributed by atoms with Gasteiger partial charge in [-0.3, -0.25) is 0 Å². The standard InChI is InChI=1S/C14H18FN3O2/c1-4-9-5-6-10(15)11(7(9)2)8(3)12(16)13-17-18-14(19)20-13/h5-6,8,12H,4,16H2,1-3H3,(H,18,19). The molecular weight excluding hydrogens is 261 g/mol. The summed E-state index contributed by atoms with van der Waals surface area (Å²) in [5.74, 6) is -1.24. The Balaban J connectivity index is 2.42. The first-order valence-corrected chi connectivity index (χ1v) is 6.54. The molecule has 0 aliphatic rings. The summed E-state index contributed by atoms with van der Waals surface area (Å²) >= 11 is 0. The van der Waals surface area contributed by atoms with E-state index in [-0.39, 0.29) is 17.6 Å². The number of nitrogens with two attached hydrogens (primary N) is 1. The van der Waals surface area contributed by atoms with Crippen LogP contribution < -0.4 is 11.5 Å². The number of nitrogens with zero attached hydrogens (tertiary/aromatic N) is 1. The predicted octanol–water partition coefficient (Wildman–Crippen LogP) is 2.18. The maximum absolute atomic E-state index is 14.1. The van der Waals surface area contributed by atoms with Crippen molar-refractivity contribution in [1.29, 1.82) is 0 Å². The van der Waals surface area contributed by atoms with Crippen LogP contribution in [0.3, 0.4) is 0 Å². The van der Waals surface area contributed by atoms with E-state index in [2.05, 4.69) is 10.2 Å². The van der Waals surface area contributed by atoms with Gasteiger partial charge in [-0.15, -0.1) is 5.10 Å². The number of nitrogens with one attached hydrogen (secondary N) is 1. The van der Waals surface area contributed by atoms with Crippen molar-refractivity contribution in [3.8, 4) is 0 Å². The first kappa shape index (κ1) is 14.5. The minimum Gasteiger partial charge on any atom is -0.391 e. The number of aromatic amines is 1. The molecule has 1 aromatic carbocycles. The van der Waals surface area contributed by atoms with Gasteiger partial charge >= 0.3 is 5.76 Å². The maximum Gasteiger partial charge on any atom is 0.434 e. The van der Waals surface area contributed by atoms with Gasteiger partial charge in [-0.2, -0.15) is 0 Å². The van der Waals surface area contributed by atoms with Gasteiger partial charge in [0, 0.05) is 5.92 Å². The second-order valence-electron chi connectivity index (χ2n) is 4.86. The third-order valence-electron chi connectivity index (χ3n) is 3.69. The molecule has 5 nitrogen and oxygen atoms in total. The number of halogens is 1. The van der Waals surface area contributed by atoms with Crippen molar-refractivity contribution in [3.05, 3.63) is 51.1 Å². The maximum atomic E-state index is 14.1. The third kappa shape index (κ3) is 2.51. The highest BCUT2D eigenvalue weighted by Crippen LogP contribution is 2.32. The largest absolute Gasteiger partial charge is 0.434 e. The van der Waals surface area contributed by atoms with Gasteiger partial charge in [0.2, 0.25) is 5.89 Å². The Kier molecular flexibility index (Phi) is 4.04. The van der Waals surface area contributed by atoms with Crippen molar-refractivity contribution < 1.29 is 8.81 Å². The van der Waals surface area contributed by atoms with Crippen molar-refractivity contribution in [2.75, 3.05) is 0 Å². The number of hydrogen-bond acceptors (Lipinski definition) is 4. The van der Waals surface area contributed by atoms with E-state index < -0.39 is 11.8 Å². The lowest BCUT2D eigenvalue weighted by molar-refractivity contribution is 0.396. The highest BCUT2D eigenvalue weighted by Gasteiger charge is 2.26. The molecule has 2 atom stereocenters. The van der Waals surface area contributed by atoms with Gasteiger partial charge in [-0.25, -0.2) is 14.3 Å². The Bertz CT molecular complexity index is 663. The first-order valence-electron chi connectivity index (χ1n) is 6.54. The van der Waals surface area contributed by atoms with Crippen LogP contribution in [0.5, 0.6) is 0 Å². The fourth-order valence-corrected chi connectivity index (χ4v) is 2.46. The number of H-pyrrole nitrogens is 1.